The Labute approximate surface area is 273 Å². The topological polar surface area (TPSA) is 0 Å². The number of fused-ring (bicyclic) bond motifs is 2. The van der Waals surface area contributed by atoms with Gasteiger partial charge in [0, 0.05) is 0 Å². The predicted octanol–water partition coefficient (Wildman–Crippen LogP) is 4.25. The van der Waals surface area contributed by atoms with Crippen LogP contribution in [0.3, 0.4) is 0 Å². The van der Waals surface area contributed by atoms with Gasteiger partial charge in [-0.1, -0.05) is 83.4 Å². The molecule has 0 fully saturated rings. The molecule has 0 N–H and O–H groups in total. The van der Waals surface area contributed by atoms with Crippen molar-refractivity contribution in [3.63, 3.8) is 0 Å². The van der Waals surface area contributed by atoms with E-state index < -0.39 is 0 Å². The molecule has 2 unspecified atom stereocenters. The van der Waals surface area contributed by atoms with E-state index in [4.69, 9.17) is 0 Å². The Bertz CT molecular complexity index is 1110. The van der Waals surface area contributed by atoms with Crippen molar-refractivity contribution in [3.8, 4) is 0 Å². The van der Waals surface area contributed by atoms with Crippen molar-refractivity contribution in [3.05, 3.63) is 72.8 Å². The first-order valence-electron chi connectivity index (χ1n) is 14.1. The summed E-state index contributed by atoms with van der Waals surface area (Å²) < 4.78 is 0. The Morgan fingerprint density at radius 3 is 1.38 bits per heavy atom. The first kappa shape index (κ1) is 39.0. The number of hydrogen-bond donors (Lipinski definition) is 0. The molecule has 0 heterocycles. The third-order valence-corrected chi connectivity index (χ3v) is 14.0. The van der Waals surface area contributed by atoms with Gasteiger partial charge in [-0.15, -0.1) is 80.7 Å². The van der Waals surface area contributed by atoms with Gasteiger partial charge in [0.05, 0.1) is 0 Å². The Morgan fingerprint density at radius 2 is 1.00 bits per heavy atom. The second-order valence-electron chi connectivity index (χ2n) is 11.3. The van der Waals surface area contributed by atoms with Crippen LogP contribution in [0, 0.1) is 11.8 Å². The van der Waals surface area contributed by atoms with Crippen molar-refractivity contribution in [2.75, 3.05) is 12.3 Å². The fourth-order valence-electron chi connectivity index (χ4n) is 5.10. The van der Waals surface area contributed by atoms with Crippen LogP contribution >= 0.6 is 15.8 Å². The second kappa shape index (κ2) is 19.2. The summed E-state index contributed by atoms with van der Waals surface area (Å²) in [7, 11) is -0.00669. The molecule has 0 aliphatic rings. The Kier molecular flexibility index (Phi) is 19.2. The molecule has 4 aromatic carbocycles. The SMILES string of the molecule is CC(C)CP(CC(C)C)c1cc2ccccc2[cH-]1.CCC(C)P(c1cc2ccccc2[cH-]1)C(C)CC.[Cl-].[Cl-].[Hf+4]. The smallest absolute Gasteiger partial charge is 1.00 e. The van der Waals surface area contributed by atoms with Gasteiger partial charge >= 0.3 is 25.8 Å². The summed E-state index contributed by atoms with van der Waals surface area (Å²) in [5.41, 5.74) is 1.65. The average Bonchev–Trinajstić information content (AvgIpc) is 3.47. The molecule has 0 amide bonds. The van der Waals surface area contributed by atoms with Gasteiger partial charge in [0.15, 0.2) is 0 Å². The maximum Gasteiger partial charge on any atom is 4.00 e. The van der Waals surface area contributed by atoms with E-state index in [1.54, 1.807) is 10.6 Å². The van der Waals surface area contributed by atoms with Crippen molar-refractivity contribution in [1.82, 2.24) is 0 Å². The van der Waals surface area contributed by atoms with Crippen LogP contribution in [-0.4, -0.2) is 23.6 Å². The summed E-state index contributed by atoms with van der Waals surface area (Å²) in [6.45, 7) is 18.9. The zero-order valence-corrected chi connectivity index (χ0v) is 32.1. The molecule has 0 saturated heterocycles. The largest absolute Gasteiger partial charge is 4.00 e. The zero-order valence-electron chi connectivity index (χ0n) is 25.2. The van der Waals surface area contributed by atoms with Crippen molar-refractivity contribution in [2.24, 2.45) is 11.8 Å². The third kappa shape index (κ3) is 11.3. The van der Waals surface area contributed by atoms with Crippen LogP contribution < -0.4 is 35.4 Å². The molecule has 0 spiro atoms. The minimum Gasteiger partial charge on any atom is -1.00 e. The van der Waals surface area contributed by atoms with Crippen LogP contribution in [0.5, 0.6) is 0 Å². The van der Waals surface area contributed by atoms with Crippen molar-refractivity contribution in [2.45, 2.75) is 79.5 Å². The van der Waals surface area contributed by atoms with Crippen molar-refractivity contribution in [1.29, 1.82) is 0 Å². The fourth-order valence-corrected chi connectivity index (χ4v) is 11.3. The summed E-state index contributed by atoms with van der Waals surface area (Å²) in [6, 6.07) is 27.2. The number of benzene rings is 2. The molecule has 0 aliphatic carbocycles. The summed E-state index contributed by atoms with van der Waals surface area (Å²) in [4.78, 5) is 0. The minimum atomic E-state index is -0.0252. The van der Waals surface area contributed by atoms with E-state index >= 15 is 0 Å². The predicted molar refractivity (Wildman–Crippen MR) is 171 cm³/mol. The van der Waals surface area contributed by atoms with Gasteiger partial charge in [-0.2, -0.15) is 12.1 Å². The Morgan fingerprint density at radius 1 is 0.615 bits per heavy atom. The van der Waals surface area contributed by atoms with E-state index in [2.05, 4.69) is 128 Å². The third-order valence-electron chi connectivity index (χ3n) is 7.17. The standard InChI is InChI=1S/2C17H24P.2ClH.Hf/c1-13(2)11-18(12-14(3)4)17-9-15-7-5-6-8-16(15)10-17;1-5-13(3)18(14(4)6-2)17-11-15-9-7-8-10-16(15)12-17;;;/h5-10,13-14H,11-12H2,1-4H3;7-14H,5-6H2,1-4H3;2*1H;/q2*-1;;;+4/p-2. The second-order valence-corrected chi connectivity index (χ2v) is 16.7. The first-order chi connectivity index (χ1) is 17.2. The summed E-state index contributed by atoms with van der Waals surface area (Å²) in [5.74, 6) is 1.60. The van der Waals surface area contributed by atoms with Crippen LogP contribution in [0.2, 0.25) is 0 Å². The van der Waals surface area contributed by atoms with Gasteiger partial charge in [-0.25, -0.2) is 0 Å². The molecular weight excluding hydrogens is 720 g/mol. The van der Waals surface area contributed by atoms with Gasteiger partial charge in [-0.3, -0.25) is 0 Å². The molecule has 0 saturated carbocycles. The number of rotatable bonds is 10. The maximum atomic E-state index is 2.43. The molecule has 5 heteroatoms. The van der Waals surface area contributed by atoms with Crippen LogP contribution in [0.1, 0.15) is 68.2 Å². The Balaban J connectivity index is 0.000000688. The molecule has 4 rings (SSSR count). The van der Waals surface area contributed by atoms with Gasteiger partial charge in [0.2, 0.25) is 0 Å². The summed E-state index contributed by atoms with van der Waals surface area (Å²) >= 11 is 0. The van der Waals surface area contributed by atoms with E-state index in [0.717, 1.165) is 23.2 Å². The normalized spacial score (nSPS) is 13.3. The van der Waals surface area contributed by atoms with Crippen molar-refractivity contribution >= 4 is 48.0 Å². The van der Waals surface area contributed by atoms with E-state index in [0.29, 0.717) is 0 Å². The van der Waals surface area contributed by atoms with Crippen LogP contribution in [0.25, 0.3) is 21.5 Å². The Hall–Kier alpha value is -0.0299. The fraction of sp³-hybridized carbons (Fsp3) is 0.471. The number of halogens is 2. The molecule has 0 aromatic heterocycles. The van der Waals surface area contributed by atoms with E-state index in [9.17, 15) is 0 Å². The molecule has 212 valence electrons. The van der Waals surface area contributed by atoms with E-state index in [1.165, 1.54) is 46.7 Å². The van der Waals surface area contributed by atoms with Gasteiger partial charge in [0.1, 0.15) is 0 Å². The van der Waals surface area contributed by atoms with Gasteiger partial charge < -0.3 is 24.8 Å². The molecule has 0 nitrogen and oxygen atoms in total. The minimum absolute atomic E-state index is 0. The van der Waals surface area contributed by atoms with Crippen LogP contribution in [0.15, 0.2) is 72.8 Å². The summed E-state index contributed by atoms with van der Waals surface area (Å²) in [5, 5.41) is 8.85. The maximum absolute atomic E-state index is 2.43. The van der Waals surface area contributed by atoms with Crippen LogP contribution in [-0.2, 0) is 25.8 Å². The summed E-state index contributed by atoms with van der Waals surface area (Å²) in [6.07, 6.45) is 5.31. The molecule has 4 aromatic rings. The monoisotopic (exact) mass is 768 g/mol. The average molecular weight is 768 g/mol. The van der Waals surface area contributed by atoms with Gasteiger partial charge in [0.25, 0.3) is 0 Å². The van der Waals surface area contributed by atoms with Crippen molar-refractivity contribution < 1.29 is 50.7 Å². The van der Waals surface area contributed by atoms with E-state index in [1.807, 2.05) is 0 Å². The first-order valence-corrected chi connectivity index (χ1v) is 17.3. The molecule has 0 bridgehead atoms. The van der Waals surface area contributed by atoms with E-state index in [-0.39, 0.29) is 66.5 Å². The number of hydrogen-bond acceptors (Lipinski definition) is 0. The van der Waals surface area contributed by atoms with Crippen LogP contribution in [0.4, 0.5) is 0 Å². The quantitative estimate of drug-likeness (QED) is 0.129. The molecule has 2 atom stereocenters. The molecule has 0 radical (unpaired) electrons. The van der Waals surface area contributed by atoms with Gasteiger partial charge in [-0.05, 0) is 48.3 Å². The molecular formula is C34H48Cl2HfP2. The molecule has 0 aliphatic heterocycles. The molecule has 39 heavy (non-hydrogen) atoms. The zero-order chi connectivity index (χ0) is 26.2.